The second-order valence-corrected chi connectivity index (χ2v) is 7.27. The Balaban J connectivity index is 2.03. The monoisotopic (exact) mass is 390 g/mol. The summed E-state index contributed by atoms with van der Waals surface area (Å²) < 4.78 is 0. The number of hydrogen-bond acceptors (Lipinski definition) is 4. The highest BCUT2D eigenvalue weighted by Crippen LogP contribution is 2.30. The number of nitrogens with one attached hydrogen (secondary N) is 1. The summed E-state index contributed by atoms with van der Waals surface area (Å²) in [5, 5.41) is 4.33. The van der Waals surface area contributed by atoms with Crippen LogP contribution in [0.1, 0.15) is 55.2 Å². The minimum atomic E-state index is -0.0213. The second kappa shape index (κ2) is 9.50. The van der Waals surface area contributed by atoms with Crippen molar-refractivity contribution in [2.24, 2.45) is 0 Å². The molecular formula is C24H30N4O. The lowest BCUT2D eigenvalue weighted by molar-refractivity contribution is 0.0774. The average Bonchev–Trinajstić information content (AvgIpc) is 2.74. The lowest BCUT2D eigenvalue weighted by Gasteiger charge is -2.21. The molecule has 0 atom stereocenters. The topological polar surface area (TPSA) is 58.1 Å². The molecular weight excluding hydrogens is 360 g/mol. The van der Waals surface area contributed by atoms with E-state index in [1.54, 1.807) is 6.20 Å². The molecule has 1 aromatic carbocycles. The third kappa shape index (κ3) is 4.73. The molecule has 29 heavy (non-hydrogen) atoms. The summed E-state index contributed by atoms with van der Waals surface area (Å²) in [7, 11) is 0. The Kier molecular flexibility index (Phi) is 6.81. The van der Waals surface area contributed by atoms with Crippen molar-refractivity contribution in [3.05, 3.63) is 59.4 Å². The molecule has 2 heterocycles. The van der Waals surface area contributed by atoms with Crippen molar-refractivity contribution in [1.82, 2.24) is 14.9 Å². The van der Waals surface area contributed by atoms with Gasteiger partial charge in [-0.05, 0) is 63.4 Å². The van der Waals surface area contributed by atoms with E-state index in [-0.39, 0.29) is 5.91 Å². The van der Waals surface area contributed by atoms with Crippen LogP contribution in [0, 0.1) is 6.92 Å². The van der Waals surface area contributed by atoms with Gasteiger partial charge in [0.15, 0.2) is 5.65 Å². The molecule has 0 spiro atoms. The van der Waals surface area contributed by atoms with Gasteiger partial charge in [0, 0.05) is 36.1 Å². The number of rotatable bonds is 8. The van der Waals surface area contributed by atoms with E-state index in [1.165, 1.54) is 18.4 Å². The van der Waals surface area contributed by atoms with Gasteiger partial charge in [-0.15, -0.1) is 0 Å². The van der Waals surface area contributed by atoms with Crippen LogP contribution < -0.4 is 5.32 Å². The Bertz CT molecular complexity index is 978. The summed E-state index contributed by atoms with van der Waals surface area (Å²) in [4.78, 5) is 23.9. The molecule has 3 rings (SSSR count). The molecule has 1 amide bonds. The fourth-order valence-electron chi connectivity index (χ4n) is 3.43. The van der Waals surface area contributed by atoms with Crippen LogP contribution in [0.3, 0.4) is 0 Å². The molecule has 5 nitrogen and oxygen atoms in total. The van der Waals surface area contributed by atoms with Crippen molar-refractivity contribution in [2.75, 3.05) is 18.4 Å². The molecule has 0 fully saturated rings. The quantitative estimate of drug-likeness (QED) is 0.551. The minimum Gasteiger partial charge on any atom is -0.354 e. The van der Waals surface area contributed by atoms with Crippen LogP contribution in [0.2, 0.25) is 0 Å². The number of carbonyl (C=O) groups excluding carboxylic acids is 1. The molecule has 152 valence electrons. The van der Waals surface area contributed by atoms with Crippen LogP contribution in [0.25, 0.3) is 11.0 Å². The maximum atomic E-state index is 13.1. The number of anilines is 2. The Hall–Kier alpha value is -2.95. The summed E-state index contributed by atoms with van der Waals surface area (Å²) in [6.45, 7) is 9.44. The van der Waals surface area contributed by atoms with Gasteiger partial charge in [-0.25, -0.2) is 9.97 Å². The van der Waals surface area contributed by atoms with Crippen molar-refractivity contribution in [2.45, 2.75) is 47.0 Å². The average molecular weight is 391 g/mol. The van der Waals surface area contributed by atoms with Crippen LogP contribution in [0.5, 0.6) is 0 Å². The number of aromatic nitrogens is 2. The van der Waals surface area contributed by atoms with Gasteiger partial charge in [-0.2, -0.15) is 0 Å². The number of benzene rings is 1. The molecule has 0 radical (unpaired) electrons. The van der Waals surface area contributed by atoms with Crippen molar-refractivity contribution in [1.29, 1.82) is 0 Å². The fraction of sp³-hybridized carbons (Fsp3) is 0.375. The van der Waals surface area contributed by atoms with Gasteiger partial charge in [0.1, 0.15) is 0 Å². The standard InChI is InChI=1S/C24H30N4O/c1-5-8-9-18-11-13-19(14-12-18)27-22-20-15-10-17(4)26-23(20)25-16-21(22)24(29)28(6-2)7-3/h10-16H,5-9H2,1-4H3,(H,25,26,27). The first-order valence-electron chi connectivity index (χ1n) is 10.5. The number of fused-ring (bicyclic) bond motifs is 1. The zero-order valence-electron chi connectivity index (χ0n) is 17.8. The van der Waals surface area contributed by atoms with E-state index in [0.29, 0.717) is 24.3 Å². The van der Waals surface area contributed by atoms with Crippen molar-refractivity contribution in [3.63, 3.8) is 0 Å². The smallest absolute Gasteiger partial charge is 0.257 e. The van der Waals surface area contributed by atoms with Crippen molar-refractivity contribution in [3.8, 4) is 0 Å². The maximum absolute atomic E-state index is 13.1. The Morgan fingerprint density at radius 2 is 1.76 bits per heavy atom. The van der Waals surface area contributed by atoms with E-state index in [2.05, 4.69) is 46.5 Å². The first kappa shape index (κ1) is 20.8. The molecule has 0 saturated carbocycles. The van der Waals surface area contributed by atoms with E-state index in [1.807, 2.05) is 37.8 Å². The molecule has 0 unspecified atom stereocenters. The predicted octanol–water partition coefficient (Wildman–Crippen LogP) is 5.51. The number of carbonyl (C=O) groups is 1. The highest BCUT2D eigenvalue weighted by molar-refractivity contribution is 6.07. The molecule has 0 bridgehead atoms. The number of amides is 1. The van der Waals surface area contributed by atoms with E-state index >= 15 is 0 Å². The van der Waals surface area contributed by atoms with Crippen LogP contribution in [0.4, 0.5) is 11.4 Å². The van der Waals surface area contributed by atoms with Gasteiger partial charge in [0.05, 0.1) is 11.3 Å². The molecule has 1 N–H and O–H groups in total. The number of pyridine rings is 2. The van der Waals surface area contributed by atoms with Gasteiger partial charge < -0.3 is 10.2 Å². The summed E-state index contributed by atoms with van der Waals surface area (Å²) in [6.07, 6.45) is 5.11. The maximum Gasteiger partial charge on any atom is 0.257 e. The number of aryl methyl sites for hydroxylation is 2. The summed E-state index contributed by atoms with van der Waals surface area (Å²) in [5.74, 6) is -0.0213. The van der Waals surface area contributed by atoms with E-state index in [9.17, 15) is 4.79 Å². The minimum absolute atomic E-state index is 0.0213. The van der Waals surface area contributed by atoms with Crippen molar-refractivity contribution < 1.29 is 4.79 Å². The second-order valence-electron chi connectivity index (χ2n) is 7.27. The zero-order chi connectivity index (χ0) is 20.8. The Morgan fingerprint density at radius 1 is 1.03 bits per heavy atom. The summed E-state index contributed by atoms with van der Waals surface area (Å²) >= 11 is 0. The number of nitrogens with zero attached hydrogens (tertiary/aromatic N) is 3. The Labute approximate surface area is 173 Å². The van der Waals surface area contributed by atoms with E-state index in [4.69, 9.17) is 0 Å². The molecule has 5 heteroatoms. The molecule has 0 aliphatic rings. The predicted molar refractivity (Wildman–Crippen MR) is 120 cm³/mol. The number of unbranched alkanes of at least 4 members (excludes halogenated alkanes) is 1. The van der Waals surface area contributed by atoms with Gasteiger partial charge in [0.25, 0.3) is 5.91 Å². The normalized spacial score (nSPS) is 10.9. The van der Waals surface area contributed by atoms with Crippen LogP contribution in [-0.2, 0) is 6.42 Å². The van der Waals surface area contributed by atoms with Crippen LogP contribution >= 0.6 is 0 Å². The highest BCUT2D eigenvalue weighted by atomic mass is 16.2. The van der Waals surface area contributed by atoms with Gasteiger partial charge >= 0.3 is 0 Å². The summed E-state index contributed by atoms with van der Waals surface area (Å²) in [6, 6.07) is 12.4. The van der Waals surface area contributed by atoms with E-state index < -0.39 is 0 Å². The summed E-state index contributed by atoms with van der Waals surface area (Å²) in [5.41, 5.74) is 5.16. The van der Waals surface area contributed by atoms with Crippen molar-refractivity contribution >= 4 is 28.3 Å². The van der Waals surface area contributed by atoms with Crippen LogP contribution in [-0.4, -0.2) is 33.9 Å². The number of hydrogen-bond donors (Lipinski definition) is 1. The first-order chi connectivity index (χ1) is 14.1. The van der Waals surface area contributed by atoms with Gasteiger partial charge in [-0.3, -0.25) is 4.79 Å². The molecule has 3 aromatic rings. The van der Waals surface area contributed by atoms with Crippen LogP contribution in [0.15, 0.2) is 42.6 Å². The SMILES string of the molecule is CCCCc1ccc(Nc2c(C(=O)N(CC)CC)cnc3nc(C)ccc23)cc1. The van der Waals surface area contributed by atoms with Gasteiger partial charge in [-0.1, -0.05) is 25.5 Å². The molecule has 2 aromatic heterocycles. The molecule has 0 saturated heterocycles. The first-order valence-corrected chi connectivity index (χ1v) is 10.5. The van der Waals surface area contributed by atoms with E-state index in [0.717, 1.165) is 28.9 Å². The highest BCUT2D eigenvalue weighted by Gasteiger charge is 2.20. The fourth-order valence-corrected chi connectivity index (χ4v) is 3.43. The third-order valence-electron chi connectivity index (χ3n) is 5.19. The molecule has 0 aliphatic heterocycles. The third-order valence-corrected chi connectivity index (χ3v) is 5.19. The molecule has 0 aliphatic carbocycles. The zero-order valence-corrected chi connectivity index (χ0v) is 17.8. The Morgan fingerprint density at radius 3 is 2.41 bits per heavy atom. The lowest BCUT2D eigenvalue weighted by atomic mass is 10.1. The largest absolute Gasteiger partial charge is 0.354 e. The lowest BCUT2D eigenvalue weighted by Crippen LogP contribution is -2.31. The van der Waals surface area contributed by atoms with Gasteiger partial charge in [0.2, 0.25) is 0 Å².